The molecule has 1 unspecified atom stereocenters. The lowest BCUT2D eigenvalue weighted by Crippen LogP contribution is -2.24. The largest absolute Gasteiger partial charge is 0.456 e. The minimum Gasteiger partial charge on any atom is -0.456 e. The van der Waals surface area contributed by atoms with E-state index in [1.165, 1.54) is 12.5 Å². The highest BCUT2D eigenvalue weighted by molar-refractivity contribution is 7.92. The van der Waals surface area contributed by atoms with E-state index in [1.54, 1.807) is 0 Å². The summed E-state index contributed by atoms with van der Waals surface area (Å²) in [7, 11) is -2.83. The summed E-state index contributed by atoms with van der Waals surface area (Å²) in [6, 6.07) is 5.21. The Morgan fingerprint density at radius 1 is 1.18 bits per heavy atom. The van der Waals surface area contributed by atoms with Crippen LogP contribution in [0.1, 0.15) is 22.8 Å². The van der Waals surface area contributed by atoms with Crippen LogP contribution in [0.2, 0.25) is 5.02 Å². The molecule has 1 atom stereocenters. The molecular formula is C19H16ClF3N2O7S. The van der Waals surface area contributed by atoms with Gasteiger partial charge in [0.2, 0.25) is 0 Å². The number of rotatable bonds is 6. The summed E-state index contributed by atoms with van der Waals surface area (Å²) in [6.45, 7) is 1.14. The lowest BCUT2D eigenvalue weighted by Gasteiger charge is -2.13. The highest BCUT2D eigenvalue weighted by atomic mass is 35.5. The smallest absolute Gasteiger partial charge is 0.416 e. The van der Waals surface area contributed by atoms with Crippen LogP contribution in [0, 0.1) is 10.1 Å². The van der Waals surface area contributed by atoms with Crippen LogP contribution in [0.5, 0.6) is 11.5 Å². The van der Waals surface area contributed by atoms with E-state index in [2.05, 4.69) is 4.36 Å². The number of halogens is 4. The van der Waals surface area contributed by atoms with Crippen molar-refractivity contribution in [1.29, 1.82) is 0 Å². The molecule has 0 aromatic heterocycles. The number of hydrogen-bond acceptors (Lipinski definition) is 7. The van der Waals surface area contributed by atoms with Gasteiger partial charge in [0.25, 0.3) is 11.6 Å². The molecule has 0 radical (unpaired) electrons. The molecule has 0 saturated carbocycles. The first-order chi connectivity index (χ1) is 15.1. The third-order valence-corrected chi connectivity index (χ3v) is 4.73. The predicted octanol–water partition coefficient (Wildman–Crippen LogP) is 4.86. The van der Waals surface area contributed by atoms with E-state index in [9.17, 15) is 37.1 Å². The Morgan fingerprint density at radius 3 is 2.33 bits per heavy atom. The second kappa shape index (κ2) is 9.75. The number of amides is 1. The number of carbonyl (C=O) groups is 2. The van der Waals surface area contributed by atoms with Gasteiger partial charge in [0.15, 0.2) is 6.10 Å². The minimum absolute atomic E-state index is 0.178. The van der Waals surface area contributed by atoms with Crippen LogP contribution < -0.4 is 4.74 Å². The van der Waals surface area contributed by atoms with E-state index in [-0.39, 0.29) is 11.5 Å². The van der Waals surface area contributed by atoms with Crippen molar-refractivity contribution >= 4 is 38.9 Å². The van der Waals surface area contributed by atoms with Crippen LogP contribution in [0.15, 0.2) is 40.8 Å². The van der Waals surface area contributed by atoms with Gasteiger partial charge in [-0.2, -0.15) is 17.5 Å². The number of ether oxygens (including phenoxy) is 2. The Morgan fingerprint density at radius 2 is 1.82 bits per heavy atom. The zero-order valence-electron chi connectivity index (χ0n) is 17.2. The highest BCUT2D eigenvalue weighted by Gasteiger charge is 2.31. The van der Waals surface area contributed by atoms with Gasteiger partial charge in [-0.15, -0.1) is 0 Å². The molecule has 9 nitrogen and oxygen atoms in total. The van der Waals surface area contributed by atoms with Crippen LogP contribution >= 0.6 is 11.6 Å². The number of nitro groups is 1. The summed E-state index contributed by atoms with van der Waals surface area (Å²) in [5.74, 6) is -2.67. The zero-order valence-corrected chi connectivity index (χ0v) is 18.8. The Hall–Kier alpha value is -3.19. The van der Waals surface area contributed by atoms with Gasteiger partial charge in [-0.3, -0.25) is 14.9 Å². The molecular weight excluding hydrogens is 493 g/mol. The number of nitro benzene ring substituents is 1. The first-order valence-corrected chi connectivity index (χ1v) is 11.5. The number of carbonyl (C=O) groups excluding carboxylic acids is 2. The second-order valence-corrected chi connectivity index (χ2v) is 9.79. The van der Waals surface area contributed by atoms with Crippen molar-refractivity contribution in [3.05, 3.63) is 62.7 Å². The SMILES string of the molecule is CC(OC(=O)c1cc(Oc2ccc(C(F)(F)F)cc2Cl)ccc1[N+](=O)[O-])C(=O)N=S(C)(C)=O. The van der Waals surface area contributed by atoms with Crippen LogP contribution in [0.25, 0.3) is 0 Å². The van der Waals surface area contributed by atoms with Crippen molar-refractivity contribution in [3.63, 3.8) is 0 Å². The molecule has 0 N–H and O–H groups in total. The van der Waals surface area contributed by atoms with Crippen LogP contribution in [0.4, 0.5) is 18.9 Å². The summed E-state index contributed by atoms with van der Waals surface area (Å²) in [6.07, 6.45) is -3.74. The number of esters is 1. The molecule has 0 spiro atoms. The molecule has 1 amide bonds. The van der Waals surface area contributed by atoms with Gasteiger partial charge in [0.05, 0.1) is 15.5 Å². The summed E-state index contributed by atoms with van der Waals surface area (Å²) < 4.78 is 63.6. The molecule has 2 rings (SSSR count). The first-order valence-electron chi connectivity index (χ1n) is 8.83. The Labute approximate surface area is 190 Å². The maximum absolute atomic E-state index is 12.8. The van der Waals surface area contributed by atoms with Crippen molar-refractivity contribution in [2.45, 2.75) is 19.2 Å². The average molecular weight is 509 g/mol. The number of benzene rings is 2. The fourth-order valence-electron chi connectivity index (χ4n) is 2.35. The number of nitrogens with zero attached hydrogens (tertiary/aromatic N) is 2. The third-order valence-electron chi connectivity index (χ3n) is 3.81. The molecule has 14 heteroatoms. The molecule has 0 saturated heterocycles. The summed E-state index contributed by atoms with van der Waals surface area (Å²) in [5.41, 5.74) is -2.30. The fraction of sp³-hybridized carbons (Fsp3) is 0.263. The second-order valence-electron chi connectivity index (χ2n) is 6.84. The molecule has 2 aromatic carbocycles. The van der Waals surface area contributed by atoms with E-state index in [1.807, 2.05) is 0 Å². The molecule has 33 heavy (non-hydrogen) atoms. The highest BCUT2D eigenvalue weighted by Crippen LogP contribution is 2.37. The van der Waals surface area contributed by atoms with Crippen molar-refractivity contribution in [3.8, 4) is 11.5 Å². The maximum Gasteiger partial charge on any atom is 0.416 e. The quantitative estimate of drug-likeness (QED) is 0.310. The third kappa shape index (κ3) is 7.15. The molecule has 0 aliphatic carbocycles. The van der Waals surface area contributed by atoms with Crippen LogP contribution in [-0.2, 0) is 25.4 Å². The first kappa shape index (κ1) is 26.1. The average Bonchev–Trinajstić information content (AvgIpc) is 2.67. The minimum atomic E-state index is -4.63. The van der Waals surface area contributed by atoms with E-state index >= 15 is 0 Å². The molecule has 0 bridgehead atoms. The van der Waals surface area contributed by atoms with E-state index in [0.717, 1.165) is 37.3 Å². The van der Waals surface area contributed by atoms with Crippen molar-refractivity contribution in [2.75, 3.05) is 12.5 Å². The maximum atomic E-state index is 12.8. The lowest BCUT2D eigenvalue weighted by molar-refractivity contribution is -0.385. The molecule has 178 valence electrons. The van der Waals surface area contributed by atoms with Gasteiger partial charge in [-0.25, -0.2) is 9.00 Å². The van der Waals surface area contributed by atoms with Gasteiger partial charge >= 0.3 is 12.1 Å². The van der Waals surface area contributed by atoms with E-state index in [4.69, 9.17) is 21.1 Å². The van der Waals surface area contributed by atoms with Gasteiger partial charge in [0.1, 0.15) is 17.1 Å². The van der Waals surface area contributed by atoms with E-state index in [0.29, 0.717) is 6.07 Å². The van der Waals surface area contributed by atoms with Gasteiger partial charge in [-0.05, 0) is 31.2 Å². The zero-order chi connectivity index (χ0) is 25.1. The summed E-state index contributed by atoms with van der Waals surface area (Å²) in [4.78, 5) is 34.8. The molecule has 0 heterocycles. The summed E-state index contributed by atoms with van der Waals surface area (Å²) in [5, 5.41) is 10.9. The predicted molar refractivity (Wildman–Crippen MR) is 112 cm³/mol. The standard InChI is InChI=1S/C19H16ClF3N2O7S/c1-10(17(26)24-33(2,3)30)31-18(27)13-9-12(5-6-15(13)25(28)29)32-16-7-4-11(8-14(16)20)19(21,22)23/h4-10H,1-3H3. The Bertz CT molecular complexity index is 1230. The topological polar surface area (TPSA) is 125 Å². The van der Waals surface area contributed by atoms with Crippen molar-refractivity contribution < 1.29 is 41.4 Å². The fourth-order valence-corrected chi connectivity index (χ4v) is 3.15. The number of hydrogen-bond donors (Lipinski definition) is 0. The Balaban J connectivity index is 2.35. The van der Waals surface area contributed by atoms with E-state index < -0.39 is 60.6 Å². The number of alkyl halides is 3. The monoisotopic (exact) mass is 508 g/mol. The summed E-state index contributed by atoms with van der Waals surface area (Å²) >= 11 is 5.83. The van der Waals surface area contributed by atoms with Crippen molar-refractivity contribution in [1.82, 2.24) is 0 Å². The molecule has 0 aliphatic heterocycles. The van der Waals surface area contributed by atoms with Gasteiger partial charge in [-0.1, -0.05) is 11.6 Å². The van der Waals surface area contributed by atoms with Crippen LogP contribution in [0.3, 0.4) is 0 Å². The normalized spacial score (nSPS) is 12.6. The van der Waals surface area contributed by atoms with Crippen LogP contribution in [-0.4, -0.2) is 39.6 Å². The molecule has 0 aliphatic rings. The molecule has 2 aromatic rings. The molecule has 0 fully saturated rings. The van der Waals surface area contributed by atoms with Crippen molar-refractivity contribution in [2.24, 2.45) is 4.36 Å². The van der Waals surface area contributed by atoms with Gasteiger partial charge in [0, 0.05) is 34.4 Å². The Kier molecular flexibility index (Phi) is 7.70. The lowest BCUT2D eigenvalue weighted by atomic mass is 10.1. The van der Waals surface area contributed by atoms with Gasteiger partial charge < -0.3 is 9.47 Å².